The number of carbonyl (C=O) groups excluding carboxylic acids is 1. The van der Waals surface area contributed by atoms with Gasteiger partial charge in [0.25, 0.3) is 0 Å². The van der Waals surface area contributed by atoms with Crippen molar-refractivity contribution in [2.45, 2.75) is 109 Å². The fourth-order valence-corrected chi connectivity index (χ4v) is 6.32. The molecule has 2 aromatic carbocycles. The Bertz CT molecular complexity index is 1120. The molecule has 0 N–H and O–H groups in total. The van der Waals surface area contributed by atoms with Gasteiger partial charge >= 0.3 is 5.97 Å². The lowest BCUT2D eigenvalue weighted by Gasteiger charge is -2.31. The van der Waals surface area contributed by atoms with Crippen LogP contribution in [0.1, 0.15) is 124 Å². The molecule has 0 amide bonds. The first-order chi connectivity index (χ1) is 18.8. The first-order valence-corrected chi connectivity index (χ1v) is 14.6. The maximum absolute atomic E-state index is 15.2. The minimum Gasteiger partial charge on any atom is -0.491 e. The number of unbranched alkanes of at least 4 members (excludes halogenated alkanes) is 2. The second-order valence-electron chi connectivity index (χ2n) is 11.1. The van der Waals surface area contributed by atoms with Crippen molar-refractivity contribution >= 4 is 5.97 Å². The SMILES string of the molecule is CCCCCC1CCC(c2ccc(C3CCC(OC(=O)c4ccc(OCC)c(F)c4F)CC3)c(F)c2F)CC1. The van der Waals surface area contributed by atoms with Gasteiger partial charge in [-0.05, 0) is 99.3 Å². The summed E-state index contributed by atoms with van der Waals surface area (Å²) in [5, 5.41) is 0. The maximum atomic E-state index is 15.2. The number of hydrogen-bond acceptors (Lipinski definition) is 3. The van der Waals surface area contributed by atoms with Crippen LogP contribution in [0.15, 0.2) is 24.3 Å². The lowest BCUT2D eigenvalue weighted by molar-refractivity contribution is 0.0188. The van der Waals surface area contributed by atoms with E-state index in [0.717, 1.165) is 31.7 Å². The van der Waals surface area contributed by atoms with Gasteiger partial charge in [-0.25, -0.2) is 18.0 Å². The zero-order chi connectivity index (χ0) is 27.9. The molecule has 2 fully saturated rings. The van der Waals surface area contributed by atoms with Gasteiger partial charge < -0.3 is 9.47 Å². The van der Waals surface area contributed by atoms with Gasteiger partial charge in [0.15, 0.2) is 23.2 Å². The molecule has 0 heterocycles. The average Bonchev–Trinajstić information content (AvgIpc) is 2.94. The highest BCUT2D eigenvalue weighted by Gasteiger charge is 2.31. The molecule has 2 aromatic rings. The average molecular weight is 549 g/mol. The van der Waals surface area contributed by atoms with Gasteiger partial charge in [-0.2, -0.15) is 4.39 Å². The van der Waals surface area contributed by atoms with Crippen LogP contribution in [0.4, 0.5) is 17.6 Å². The third-order valence-corrected chi connectivity index (χ3v) is 8.60. The van der Waals surface area contributed by atoms with Crippen molar-refractivity contribution in [2.24, 2.45) is 5.92 Å². The zero-order valence-corrected chi connectivity index (χ0v) is 23.0. The molecule has 0 atom stereocenters. The van der Waals surface area contributed by atoms with Crippen molar-refractivity contribution in [1.29, 1.82) is 0 Å². The summed E-state index contributed by atoms with van der Waals surface area (Å²) in [7, 11) is 0. The van der Waals surface area contributed by atoms with E-state index in [2.05, 4.69) is 6.92 Å². The number of benzene rings is 2. The highest BCUT2D eigenvalue weighted by Crippen LogP contribution is 2.42. The number of carbonyl (C=O) groups is 1. The summed E-state index contributed by atoms with van der Waals surface area (Å²) in [6, 6.07) is 5.85. The lowest BCUT2D eigenvalue weighted by atomic mass is 9.76. The Morgan fingerprint density at radius 2 is 1.33 bits per heavy atom. The Kier molecular flexibility index (Phi) is 10.3. The van der Waals surface area contributed by atoms with Crippen LogP contribution in [-0.2, 0) is 4.74 Å². The van der Waals surface area contributed by atoms with Crippen molar-refractivity contribution in [3.63, 3.8) is 0 Å². The smallest absolute Gasteiger partial charge is 0.341 e. The van der Waals surface area contributed by atoms with Crippen LogP contribution in [0.2, 0.25) is 0 Å². The Hall–Kier alpha value is -2.57. The number of hydrogen-bond donors (Lipinski definition) is 0. The van der Waals surface area contributed by atoms with Gasteiger partial charge in [-0.3, -0.25) is 0 Å². The van der Waals surface area contributed by atoms with Gasteiger partial charge in [-0.1, -0.05) is 44.7 Å². The van der Waals surface area contributed by atoms with Crippen molar-refractivity contribution in [2.75, 3.05) is 6.61 Å². The molecule has 0 saturated heterocycles. The van der Waals surface area contributed by atoms with E-state index in [1.54, 1.807) is 19.1 Å². The molecule has 0 spiro atoms. The van der Waals surface area contributed by atoms with E-state index in [1.807, 2.05) is 0 Å². The standard InChI is InChI=1S/C32H40F4O3/c1-3-5-6-7-20-8-10-21(11-9-20)24-16-17-25(29(34)28(24)33)22-12-14-23(15-13-22)39-32(37)26-18-19-27(38-4-2)31(36)30(26)35/h16-23H,3-15H2,1-2H3. The Morgan fingerprint density at radius 3 is 1.90 bits per heavy atom. The van der Waals surface area contributed by atoms with Crippen LogP contribution in [0, 0.1) is 29.2 Å². The van der Waals surface area contributed by atoms with E-state index in [9.17, 15) is 13.6 Å². The predicted octanol–water partition coefficient (Wildman–Crippen LogP) is 9.38. The van der Waals surface area contributed by atoms with Crippen molar-refractivity contribution in [3.05, 3.63) is 64.2 Å². The minimum atomic E-state index is -1.30. The highest BCUT2D eigenvalue weighted by atomic mass is 19.2. The molecule has 2 aliphatic rings. The molecule has 0 aromatic heterocycles. The van der Waals surface area contributed by atoms with Crippen LogP contribution >= 0.6 is 0 Å². The second-order valence-corrected chi connectivity index (χ2v) is 11.1. The second kappa shape index (κ2) is 13.7. The molecule has 0 unspecified atom stereocenters. The van der Waals surface area contributed by atoms with Crippen LogP contribution in [0.25, 0.3) is 0 Å². The molecule has 0 radical (unpaired) electrons. The highest BCUT2D eigenvalue weighted by molar-refractivity contribution is 5.90. The first kappa shape index (κ1) is 29.4. The molecule has 2 saturated carbocycles. The Labute approximate surface area is 229 Å². The largest absolute Gasteiger partial charge is 0.491 e. The molecule has 3 nitrogen and oxygen atoms in total. The number of ether oxygens (including phenoxy) is 2. The minimum absolute atomic E-state index is 0.0685. The maximum Gasteiger partial charge on any atom is 0.341 e. The van der Waals surface area contributed by atoms with E-state index in [4.69, 9.17) is 9.47 Å². The van der Waals surface area contributed by atoms with Crippen LogP contribution < -0.4 is 4.74 Å². The number of halogens is 4. The molecular formula is C32H40F4O3. The quantitative estimate of drug-likeness (QED) is 0.169. The van der Waals surface area contributed by atoms with Gasteiger partial charge in [0.05, 0.1) is 12.2 Å². The molecule has 2 aliphatic carbocycles. The number of rotatable bonds is 10. The Balaban J connectivity index is 1.32. The third-order valence-electron chi connectivity index (χ3n) is 8.60. The van der Waals surface area contributed by atoms with Gasteiger partial charge in [0.1, 0.15) is 6.10 Å². The summed E-state index contributed by atoms with van der Waals surface area (Å²) in [6.07, 6.45) is 10.3. The topological polar surface area (TPSA) is 35.5 Å². The lowest BCUT2D eigenvalue weighted by Crippen LogP contribution is -2.25. The van der Waals surface area contributed by atoms with E-state index < -0.39 is 40.9 Å². The van der Waals surface area contributed by atoms with Crippen molar-refractivity contribution in [3.8, 4) is 5.75 Å². The van der Waals surface area contributed by atoms with Crippen molar-refractivity contribution < 1.29 is 31.8 Å². The van der Waals surface area contributed by atoms with Gasteiger partial charge in [0, 0.05) is 0 Å². The van der Waals surface area contributed by atoms with Crippen LogP contribution in [0.5, 0.6) is 5.75 Å². The van der Waals surface area contributed by atoms with E-state index >= 15 is 8.78 Å². The van der Waals surface area contributed by atoms with Gasteiger partial charge in [-0.15, -0.1) is 0 Å². The first-order valence-electron chi connectivity index (χ1n) is 14.6. The fraction of sp³-hybridized carbons (Fsp3) is 0.594. The molecule has 214 valence electrons. The monoisotopic (exact) mass is 548 g/mol. The molecule has 39 heavy (non-hydrogen) atoms. The summed E-state index contributed by atoms with van der Waals surface area (Å²) < 4.78 is 69.4. The molecule has 0 bridgehead atoms. The fourth-order valence-electron chi connectivity index (χ4n) is 6.32. The van der Waals surface area contributed by atoms with E-state index in [1.165, 1.54) is 31.7 Å². The molecule has 7 heteroatoms. The van der Waals surface area contributed by atoms with E-state index in [0.29, 0.717) is 42.7 Å². The summed E-state index contributed by atoms with van der Waals surface area (Å²) >= 11 is 0. The predicted molar refractivity (Wildman–Crippen MR) is 143 cm³/mol. The van der Waals surface area contributed by atoms with Crippen LogP contribution in [0.3, 0.4) is 0 Å². The molecule has 4 rings (SSSR count). The molecular weight excluding hydrogens is 508 g/mol. The zero-order valence-electron chi connectivity index (χ0n) is 23.0. The molecule has 0 aliphatic heterocycles. The summed E-state index contributed by atoms with van der Waals surface area (Å²) in [5.41, 5.74) is 0.376. The summed E-state index contributed by atoms with van der Waals surface area (Å²) in [4.78, 5) is 12.5. The van der Waals surface area contributed by atoms with Crippen molar-refractivity contribution in [1.82, 2.24) is 0 Å². The third kappa shape index (κ3) is 6.96. The van der Waals surface area contributed by atoms with Gasteiger partial charge in [0.2, 0.25) is 5.82 Å². The summed E-state index contributed by atoms with van der Waals surface area (Å²) in [5.74, 6) is -4.63. The Morgan fingerprint density at radius 1 is 0.744 bits per heavy atom. The van der Waals surface area contributed by atoms with Crippen LogP contribution in [-0.4, -0.2) is 18.7 Å². The summed E-state index contributed by atoms with van der Waals surface area (Å²) in [6.45, 7) is 4.01. The number of esters is 1. The van der Waals surface area contributed by atoms with E-state index in [-0.39, 0.29) is 24.2 Å². The normalized spacial score (nSPS) is 23.4.